The summed E-state index contributed by atoms with van der Waals surface area (Å²) in [6.45, 7) is 0.774. The van der Waals surface area contributed by atoms with Gasteiger partial charge in [0, 0.05) is 24.7 Å². The largest absolute Gasteiger partial charge is 0.496 e. The second-order valence-electron chi connectivity index (χ2n) is 4.68. The molecule has 1 saturated heterocycles. The molecule has 1 aliphatic rings. The van der Waals surface area contributed by atoms with Crippen molar-refractivity contribution in [3.63, 3.8) is 0 Å². The molecule has 21 heavy (non-hydrogen) atoms. The fourth-order valence-electron chi connectivity index (χ4n) is 2.23. The Balaban J connectivity index is 0.00000220. The van der Waals surface area contributed by atoms with Gasteiger partial charge >= 0.3 is 5.97 Å². The van der Waals surface area contributed by atoms with Crippen LogP contribution in [-0.4, -0.2) is 42.1 Å². The zero-order valence-corrected chi connectivity index (χ0v) is 12.5. The zero-order valence-electron chi connectivity index (χ0n) is 11.7. The zero-order chi connectivity index (χ0) is 14.5. The Labute approximate surface area is 129 Å². The van der Waals surface area contributed by atoms with E-state index in [0.717, 1.165) is 5.56 Å². The van der Waals surface area contributed by atoms with E-state index in [-0.39, 0.29) is 24.9 Å². The summed E-state index contributed by atoms with van der Waals surface area (Å²) in [7, 11) is 1.58. The number of likely N-dealkylation sites (tertiary alicyclic amines) is 1. The summed E-state index contributed by atoms with van der Waals surface area (Å²) >= 11 is 0. The molecule has 114 valence electrons. The molecule has 0 spiro atoms. The van der Waals surface area contributed by atoms with E-state index in [1.165, 1.54) is 6.08 Å². The molecule has 1 aromatic carbocycles. The van der Waals surface area contributed by atoms with Crippen molar-refractivity contribution in [1.29, 1.82) is 0 Å². The number of carboxylic acid groups (broad SMARTS) is 1. The average molecular weight is 312 g/mol. The average Bonchev–Trinajstić information content (AvgIpc) is 2.95. The third kappa shape index (κ3) is 4.23. The highest BCUT2D eigenvalue weighted by Gasteiger charge is 2.29. The molecule has 1 heterocycles. The molecule has 1 fully saturated rings. The lowest BCUT2D eigenvalue weighted by Gasteiger charge is -2.13. The molecule has 6 heteroatoms. The van der Waals surface area contributed by atoms with E-state index in [1.54, 1.807) is 18.1 Å². The summed E-state index contributed by atoms with van der Waals surface area (Å²) in [5.74, 6) is -0.756. The molecule has 2 rings (SSSR count). The minimum absolute atomic E-state index is 0. The predicted octanol–water partition coefficient (Wildman–Crippen LogP) is 2.06. The Morgan fingerprint density at radius 1 is 1.38 bits per heavy atom. The predicted molar refractivity (Wildman–Crippen MR) is 81.6 cm³/mol. The van der Waals surface area contributed by atoms with Crippen LogP contribution in [0, 0.1) is 5.92 Å². The molecule has 1 aliphatic heterocycles. The number of carbonyl (C=O) groups excluding carboxylic acids is 1. The van der Waals surface area contributed by atoms with Gasteiger partial charge in [0.2, 0.25) is 5.91 Å². The van der Waals surface area contributed by atoms with Crippen molar-refractivity contribution >= 4 is 30.4 Å². The number of hydrogen-bond acceptors (Lipinski definition) is 3. The number of methoxy groups -OCH3 is 1. The van der Waals surface area contributed by atoms with Gasteiger partial charge in [0.25, 0.3) is 0 Å². The maximum absolute atomic E-state index is 12.0. The molecule has 0 bridgehead atoms. The second kappa shape index (κ2) is 7.69. The smallest absolute Gasteiger partial charge is 0.308 e. The quantitative estimate of drug-likeness (QED) is 0.864. The number of halogens is 1. The summed E-state index contributed by atoms with van der Waals surface area (Å²) < 4.78 is 5.20. The summed E-state index contributed by atoms with van der Waals surface area (Å²) in [6.07, 6.45) is 3.67. The Hall–Kier alpha value is -2.01. The van der Waals surface area contributed by atoms with Crippen LogP contribution >= 0.6 is 12.4 Å². The minimum Gasteiger partial charge on any atom is -0.496 e. The van der Waals surface area contributed by atoms with E-state index < -0.39 is 11.9 Å². The highest BCUT2D eigenvalue weighted by molar-refractivity contribution is 5.92. The van der Waals surface area contributed by atoms with Crippen LogP contribution in [0.2, 0.25) is 0 Å². The fourth-order valence-corrected chi connectivity index (χ4v) is 2.23. The van der Waals surface area contributed by atoms with Crippen LogP contribution in [0.3, 0.4) is 0 Å². The third-order valence-electron chi connectivity index (χ3n) is 3.39. The molecule has 5 nitrogen and oxygen atoms in total. The van der Waals surface area contributed by atoms with Gasteiger partial charge in [-0.25, -0.2) is 0 Å². The van der Waals surface area contributed by atoms with Gasteiger partial charge in [-0.1, -0.05) is 18.2 Å². The maximum atomic E-state index is 12.0. The normalized spacial score (nSPS) is 17.6. The van der Waals surface area contributed by atoms with Crippen LogP contribution in [0.5, 0.6) is 5.75 Å². The molecule has 1 atom stereocenters. The van der Waals surface area contributed by atoms with E-state index in [2.05, 4.69) is 0 Å². The molecule has 1 N–H and O–H groups in total. The van der Waals surface area contributed by atoms with Crippen LogP contribution in [0.15, 0.2) is 30.3 Å². The molecule has 0 saturated carbocycles. The number of para-hydroxylation sites is 1. The van der Waals surface area contributed by atoms with Crippen LogP contribution in [0.1, 0.15) is 12.0 Å². The van der Waals surface area contributed by atoms with Crippen LogP contribution in [-0.2, 0) is 9.59 Å². The first kappa shape index (κ1) is 17.0. The van der Waals surface area contributed by atoms with Crippen LogP contribution in [0.4, 0.5) is 0 Å². The number of hydrogen-bond donors (Lipinski definition) is 1. The molecule has 1 unspecified atom stereocenters. The van der Waals surface area contributed by atoms with Crippen molar-refractivity contribution in [2.45, 2.75) is 6.42 Å². The molecule has 0 aromatic heterocycles. The van der Waals surface area contributed by atoms with Gasteiger partial charge < -0.3 is 14.7 Å². The van der Waals surface area contributed by atoms with Gasteiger partial charge in [0.1, 0.15) is 5.75 Å². The van der Waals surface area contributed by atoms with Gasteiger partial charge in [0.15, 0.2) is 0 Å². The summed E-state index contributed by atoms with van der Waals surface area (Å²) in [6, 6.07) is 7.39. The lowest BCUT2D eigenvalue weighted by atomic mass is 10.1. The first-order valence-electron chi connectivity index (χ1n) is 6.44. The topological polar surface area (TPSA) is 66.8 Å². The summed E-state index contributed by atoms with van der Waals surface area (Å²) in [4.78, 5) is 24.4. The van der Waals surface area contributed by atoms with Gasteiger partial charge in [-0.15, -0.1) is 12.4 Å². The fraction of sp³-hybridized carbons (Fsp3) is 0.333. The molecular formula is C15H18ClNO4. The Morgan fingerprint density at radius 2 is 2.10 bits per heavy atom. The number of aliphatic carboxylic acids is 1. The molecule has 0 aliphatic carbocycles. The van der Waals surface area contributed by atoms with E-state index in [9.17, 15) is 9.59 Å². The Morgan fingerprint density at radius 3 is 2.71 bits per heavy atom. The highest BCUT2D eigenvalue weighted by Crippen LogP contribution is 2.20. The van der Waals surface area contributed by atoms with E-state index >= 15 is 0 Å². The van der Waals surface area contributed by atoms with Crippen molar-refractivity contribution in [2.75, 3.05) is 20.2 Å². The highest BCUT2D eigenvalue weighted by atomic mass is 35.5. The standard InChI is InChI=1S/C15H17NO4.ClH/c1-20-13-5-3-2-4-11(13)6-7-14(17)16-9-8-12(10-16)15(18)19;/h2-7,12H,8-10H2,1H3,(H,18,19);1H. The van der Waals surface area contributed by atoms with Crippen LogP contribution < -0.4 is 4.74 Å². The number of rotatable bonds is 4. The van der Waals surface area contributed by atoms with Crippen molar-refractivity contribution in [3.05, 3.63) is 35.9 Å². The summed E-state index contributed by atoms with van der Waals surface area (Å²) in [5, 5.41) is 8.92. The van der Waals surface area contributed by atoms with E-state index in [0.29, 0.717) is 18.7 Å². The minimum atomic E-state index is -0.839. The lowest BCUT2D eigenvalue weighted by molar-refractivity contribution is -0.141. The van der Waals surface area contributed by atoms with Gasteiger partial charge in [-0.3, -0.25) is 9.59 Å². The lowest BCUT2D eigenvalue weighted by Crippen LogP contribution is -2.28. The van der Waals surface area contributed by atoms with Gasteiger partial charge in [-0.05, 0) is 18.6 Å². The van der Waals surface area contributed by atoms with Crippen molar-refractivity contribution in [1.82, 2.24) is 4.90 Å². The van der Waals surface area contributed by atoms with Crippen molar-refractivity contribution < 1.29 is 19.4 Å². The Kier molecular flexibility index (Phi) is 6.24. The van der Waals surface area contributed by atoms with Crippen molar-refractivity contribution in [3.8, 4) is 5.75 Å². The van der Waals surface area contributed by atoms with Crippen molar-refractivity contribution in [2.24, 2.45) is 5.92 Å². The second-order valence-corrected chi connectivity index (χ2v) is 4.68. The maximum Gasteiger partial charge on any atom is 0.308 e. The first-order chi connectivity index (χ1) is 9.61. The number of carboxylic acids is 1. The number of amides is 1. The van der Waals surface area contributed by atoms with E-state index in [4.69, 9.17) is 9.84 Å². The van der Waals surface area contributed by atoms with Gasteiger partial charge in [0.05, 0.1) is 13.0 Å². The Bertz CT molecular complexity index is 544. The first-order valence-corrected chi connectivity index (χ1v) is 6.44. The monoisotopic (exact) mass is 311 g/mol. The SMILES string of the molecule is COc1ccccc1C=CC(=O)N1CCC(C(=O)O)C1.Cl. The molecule has 0 radical (unpaired) electrons. The number of carbonyl (C=O) groups is 2. The number of nitrogens with zero attached hydrogens (tertiary/aromatic N) is 1. The molecular weight excluding hydrogens is 294 g/mol. The summed E-state index contributed by atoms with van der Waals surface area (Å²) in [5.41, 5.74) is 0.817. The molecule has 1 amide bonds. The van der Waals surface area contributed by atoms with Gasteiger partial charge in [-0.2, -0.15) is 0 Å². The number of benzene rings is 1. The molecule has 1 aromatic rings. The number of ether oxygens (including phenoxy) is 1. The van der Waals surface area contributed by atoms with E-state index in [1.807, 2.05) is 24.3 Å². The third-order valence-corrected chi connectivity index (χ3v) is 3.39. The van der Waals surface area contributed by atoms with Crippen LogP contribution in [0.25, 0.3) is 6.08 Å².